The highest BCUT2D eigenvalue weighted by Gasteiger charge is 2.19. The van der Waals surface area contributed by atoms with Crippen molar-refractivity contribution < 1.29 is 13.6 Å². The van der Waals surface area contributed by atoms with Crippen LogP contribution in [0.4, 0.5) is 8.78 Å². The molecule has 0 spiro atoms. The quantitative estimate of drug-likeness (QED) is 0.916. The fourth-order valence-corrected chi connectivity index (χ4v) is 3.06. The Balaban J connectivity index is 0.00000220. The summed E-state index contributed by atoms with van der Waals surface area (Å²) >= 11 is 1.83. The molecule has 7 heteroatoms. The largest absolute Gasteiger partial charge is 0.341 e. The molecule has 1 aromatic rings. The zero-order valence-electron chi connectivity index (χ0n) is 11.8. The van der Waals surface area contributed by atoms with Crippen LogP contribution in [-0.4, -0.2) is 41.9 Å². The number of hydrogen-bond donors (Lipinski definition) is 1. The normalized spacial score (nSPS) is 18.0. The number of benzene rings is 1. The Morgan fingerprint density at radius 3 is 2.86 bits per heavy atom. The molecule has 118 valence electrons. The van der Waals surface area contributed by atoms with Crippen molar-refractivity contribution in [2.45, 2.75) is 19.0 Å². The van der Waals surface area contributed by atoms with Gasteiger partial charge in [0.1, 0.15) is 11.6 Å². The molecule has 1 aromatic carbocycles. The number of halogens is 3. The maximum Gasteiger partial charge on any atom is 0.224 e. The fraction of sp³-hybridized carbons (Fsp3) is 0.500. The third-order valence-corrected chi connectivity index (χ3v) is 4.40. The average molecular weight is 337 g/mol. The molecule has 0 saturated carbocycles. The third kappa shape index (κ3) is 5.45. The van der Waals surface area contributed by atoms with Crippen LogP contribution in [0.15, 0.2) is 18.2 Å². The van der Waals surface area contributed by atoms with Gasteiger partial charge in [-0.2, -0.15) is 11.8 Å². The Kier molecular flexibility index (Phi) is 7.42. The lowest BCUT2D eigenvalue weighted by Crippen LogP contribution is -2.41. The number of nitrogens with zero attached hydrogens (tertiary/aromatic N) is 1. The van der Waals surface area contributed by atoms with Gasteiger partial charge in [-0.15, -0.1) is 12.4 Å². The van der Waals surface area contributed by atoms with Gasteiger partial charge in [0.05, 0.1) is 0 Å². The molecule has 1 N–H and O–H groups in total. The summed E-state index contributed by atoms with van der Waals surface area (Å²) in [6, 6.07) is 3.61. The SMILES string of the molecule is CN(Cc1ccc(F)cc1F)C(=O)CC1CSCCN1.Cl. The van der Waals surface area contributed by atoms with Gasteiger partial charge in [-0.1, -0.05) is 6.07 Å². The maximum absolute atomic E-state index is 13.5. The van der Waals surface area contributed by atoms with Crippen LogP contribution in [0.3, 0.4) is 0 Å². The zero-order valence-corrected chi connectivity index (χ0v) is 13.4. The van der Waals surface area contributed by atoms with E-state index in [-0.39, 0.29) is 30.9 Å². The molecule has 1 unspecified atom stereocenters. The summed E-state index contributed by atoms with van der Waals surface area (Å²) in [6.45, 7) is 1.07. The minimum absolute atomic E-state index is 0. The van der Waals surface area contributed by atoms with Gasteiger partial charge < -0.3 is 10.2 Å². The van der Waals surface area contributed by atoms with Crippen LogP contribution in [-0.2, 0) is 11.3 Å². The first kappa shape index (κ1) is 18.2. The van der Waals surface area contributed by atoms with Crippen molar-refractivity contribution in [1.82, 2.24) is 10.2 Å². The molecule has 3 nitrogen and oxygen atoms in total. The summed E-state index contributed by atoms with van der Waals surface area (Å²) in [5, 5.41) is 3.30. The Labute approximate surface area is 133 Å². The number of nitrogens with one attached hydrogen (secondary N) is 1. The molecule has 1 heterocycles. The summed E-state index contributed by atoms with van der Waals surface area (Å²) in [5.41, 5.74) is 0.327. The van der Waals surface area contributed by atoms with E-state index in [0.717, 1.165) is 24.1 Å². The summed E-state index contributed by atoms with van der Waals surface area (Å²) in [4.78, 5) is 13.6. The van der Waals surface area contributed by atoms with Crippen molar-refractivity contribution in [3.05, 3.63) is 35.4 Å². The number of carbonyl (C=O) groups excluding carboxylic acids is 1. The average Bonchev–Trinajstić information content (AvgIpc) is 2.43. The number of amides is 1. The van der Waals surface area contributed by atoms with E-state index in [1.165, 1.54) is 17.0 Å². The molecular formula is C14H19ClF2N2OS. The Hall–Kier alpha value is -0.850. The van der Waals surface area contributed by atoms with Crippen molar-refractivity contribution in [2.24, 2.45) is 0 Å². The topological polar surface area (TPSA) is 32.3 Å². The van der Waals surface area contributed by atoms with Gasteiger partial charge in [-0.25, -0.2) is 8.78 Å². The number of rotatable bonds is 4. The summed E-state index contributed by atoms with van der Waals surface area (Å²) in [5.74, 6) is 0.736. The van der Waals surface area contributed by atoms with Gasteiger partial charge in [0, 0.05) is 55.7 Å². The third-order valence-electron chi connectivity index (χ3n) is 3.27. The monoisotopic (exact) mass is 336 g/mol. The highest BCUT2D eigenvalue weighted by Crippen LogP contribution is 2.14. The first-order chi connectivity index (χ1) is 9.56. The van der Waals surface area contributed by atoms with Gasteiger partial charge in [-0.05, 0) is 6.07 Å². The van der Waals surface area contributed by atoms with Crippen molar-refractivity contribution in [3.8, 4) is 0 Å². The van der Waals surface area contributed by atoms with E-state index in [1.54, 1.807) is 7.05 Å². The number of carbonyl (C=O) groups is 1. The van der Waals surface area contributed by atoms with Crippen LogP contribution in [0.2, 0.25) is 0 Å². The second-order valence-electron chi connectivity index (χ2n) is 4.92. The molecule has 0 aliphatic carbocycles. The Morgan fingerprint density at radius 1 is 1.48 bits per heavy atom. The first-order valence-corrected chi connectivity index (χ1v) is 7.71. The van der Waals surface area contributed by atoms with Crippen LogP contribution >= 0.6 is 24.2 Å². The molecule has 21 heavy (non-hydrogen) atoms. The highest BCUT2D eigenvalue weighted by molar-refractivity contribution is 7.99. The molecular weight excluding hydrogens is 318 g/mol. The molecule has 1 atom stereocenters. The minimum Gasteiger partial charge on any atom is -0.341 e. The van der Waals surface area contributed by atoms with Crippen molar-refractivity contribution >= 4 is 30.1 Å². The molecule has 1 aliphatic rings. The van der Waals surface area contributed by atoms with Gasteiger partial charge in [0.2, 0.25) is 5.91 Å². The van der Waals surface area contributed by atoms with Gasteiger partial charge in [0.15, 0.2) is 0 Å². The number of hydrogen-bond acceptors (Lipinski definition) is 3. The second kappa shape index (κ2) is 8.56. The molecule has 1 aliphatic heterocycles. The smallest absolute Gasteiger partial charge is 0.224 e. The van der Waals surface area contributed by atoms with Crippen LogP contribution in [0.1, 0.15) is 12.0 Å². The number of thioether (sulfide) groups is 1. The van der Waals surface area contributed by atoms with Crippen LogP contribution < -0.4 is 5.32 Å². The lowest BCUT2D eigenvalue weighted by atomic mass is 10.1. The molecule has 0 aromatic heterocycles. The van der Waals surface area contributed by atoms with Crippen molar-refractivity contribution in [1.29, 1.82) is 0 Å². The summed E-state index contributed by atoms with van der Waals surface area (Å²) in [7, 11) is 1.64. The maximum atomic E-state index is 13.5. The lowest BCUT2D eigenvalue weighted by Gasteiger charge is -2.25. The van der Waals surface area contributed by atoms with Crippen LogP contribution in [0, 0.1) is 11.6 Å². The van der Waals surface area contributed by atoms with Crippen LogP contribution in [0.25, 0.3) is 0 Å². The molecule has 2 rings (SSSR count). The summed E-state index contributed by atoms with van der Waals surface area (Å²) < 4.78 is 26.4. The van der Waals surface area contributed by atoms with E-state index in [0.29, 0.717) is 12.0 Å². The predicted octanol–water partition coefficient (Wildman–Crippen LogP) is 2.44. The van der Waals surface area contributed by atoms with Crippen molar-refractivity contribution in [2.75, 3.05) is 25.1 Å². The standard InChI is InChI=1S/C14H18F2N2OS.ClH/c1-18(8-10-2-3-11(15)6-13(10)16)14(19)7-12-9-20-5-4-17-12;/h2-3,6,12,17H,4-5,7-9H2,1H3;1H. The summed E-state index contributed by atoms with van der Waals surface area (Å²) in [6.07, 6.45) is 0.409. The molecule has 1 fully saturated rings. The molecule has 0 bridgehead atoms. The Bertz CT molecular complexity index is 484. The lowest BCUT2D eigenvalue weighted by molar-refractivity contribution is -0.130. The van der Waals surface area contributed by atoms with E-state index in [4.69, 9.17) is 0 Å². The van der Waals surface area contributed by atoms with E-state index >= 15 is 0 Å². The predicted molar refractivity (Wildman–Crippen MR) is 83.8 cm³/mol. The van der Waals surface area contributed by atoms with Gasteiger partial charge in [0.25, 0.3) is 0 Å². The minimum atomic E-state index is -0.615. The molecule has 1 amide bonds. The van der Waals surface area contributed by atoms with Gasteiger partial charge >= 0.3 is 0 Å². The highest BCUT2D eigenvalue weighted by atomic mass is 35.5. The fourth-order valence-electron chi connectivity index (χ4n) is 2.11. The Morgan fingerprint density at radius 2 is 2.24 bits per heavy atom. The van der Waals surface area contributed by atoms with E-state index < -0.39 is 11.6 Å². The van der Waals surface area contributed by atoms with Crippen LogP contribution in [0.5, 0.6) is 0 Å². The molecule has 1 saturated heterocycles. The second-order valence-corrected chi connectivity index (χ2v) is 6.07. The molecule has 0 radical (unpaired) electrons. The first-order valence-electron chi connectivity index (χ1n) is 6.55. The zero-order chi connectivity index (χ0) is 14.5. The van der Waals surface area contributed by atoms with E-state index in [2.05, 4.69) is 5.32 Å². The van der Waals surface area contributed by atoms with E-state index in [1.807, 2.05) is 11.8 Å². The van der Waals surface area contributed by atoms with Gasteiger partial charge in [-0.3, -0.25) is 4.79 Å². The van der Waals surface area contributed by atoms with E-state index in [9.17, 15) is 13.6 Å². The van der Waals surface area contributed by atoms with Crippen molar-refractivity contribution in [3.63, 3.8) is 0 Å².